The van der Waals surface area contributed by atoms with Crippen LogP contribution in [0.4, 0.5) is 0 Å². The van der Waals surface area contributed by atoms with Crippen molar-refractivity contribution in [2.45, 2.75) is 106 Å². The van der Waals surface area contributed by atoms with Crippen LogP contribution in [0, 0.1) is 58.2 Å². The number of allylic oxidation sites excluding steroid dienone is 3. The van der Waals surface area contributed by atoms with Crippen LogP contribution in [0.1, 0.15) is 99.8 Å². The van der Waals surface area contributed by atoms with Gasteiger partial charge in [-0.2, -0.15) is 0 Å². The Balaban J connectivity index is 1.58. The minimum atomic E-state index is -0.343. The number of aliphatic hydroxyl groups excluding tert-OH is 1. The lowest BCUT2D eigenvalue weighted by Crippen LogP contribution is -2.55. The number of ketones is 1. The number of carbonyl (C=O) groups excluding carboxylic acids is 1. The van der Waals surface area contributed by atoms with Crippen LogP contribution in [0.15, 0.2) is 23.8 Å². The number of fused-ring (bicyclic) bond motifs is 5. The Labute approximate surface area is 203 Å². The highest BCUT2D eigenvalue weighted by Crippen LogP contribution is 2.68. The van der Waals surface area contributed by atoms with Gasteiger partial charge >= 0.3 is 0 Å². The van der Waals surface area contributed by atoms with Crippen LogP contribution in [-0.4, -0.2) is 17.0 Å². The maximum Gasteiger partial charge on any atom is 0.133 e. The fraction of sp³-hybridized carbons (Fsp3) is 0.839. The Kier molecular flexibility index (Phi) is 7.09. The van der Waals surface area contributed by atoms with Gasteiger partial charge in [-0.1, -0.05) is 65.3 Å². The van der Waals surface area contributed by atoms with E-state index in [1.54, 1.807) is 6.92 Å². The summed E-state index contributed by atoms with van der Waals surface area (Å²) in [4.78, 5) is 12.8. The van der Waals surface area contributed by atoms with Gasteiger partial charge in [0.1, 0.15) is 5.78 Å². The van der Waals surface area contributed by atoms with Crippen LogP contribution in [0.25, 0.3) is 0 Å². The molecule has 10 atom stereocenters. The summed E-state index contributed by atoms with van der Waals surface area (Å²) in [6.45, 7) is 16.3. The Morgan fingerprint density at radius 3 is 2.52 bits per heavy atom. The predicted octanol–water partition coefficient (Wildman–Crippen LogP) is 7.62. The predicted molar refractivity (Wildman–Crippen MR) is 138 cm³/mol. The third-order valence-corrected chi connectivity index (χ3v) is 11.4. The molecule has 0 spiro atoms. The summed E-state index contributed by atoms with van der Waals surface area (Å²) in [7, 11) is 0. The van der Waals surface area contributed by atoms with Crippen LogP contribution in [0.5, 0.6) is 0 Å². The lowest BCUT2D eigenvalue weighted by Gasteiger charge is -2.60. The van der Waals surface area contributed by atoms with Crippen molar-refractivity contribution in [2.75, 3.05) is 0 Å². The quantitative estimate of drug-likeness (QED) is 0.419. The number of rotatable bonds is 6. The summed E-state index contributed by atoms with van der Waals surface area (Å²) < 4.78 is 0. The SMILES string of the molecule is CC[C@@H](/C=C/[C@@H](C)[C@H]1CC[C@H]2[C@@H]3CC=C4C[C@@H](O)CC(C(C)=O)[C@@]4(C)[C@H]3CC[C@]12C)C(C)C. The standard InChI is InChI=1S/C31H50O2/c1-8-22(19(2)3)10-9-20(4)26-13-14-27-25-12-11-23-17-24(33)18-29(21(5)32)31(23,7)28(25)15-16-30(26,27)6/h9-11,19-20,22,24-29,33H,8,12-18H2,1-7H3/b10-9+/t20-,22+,24-,25+,26-,27+,28+,29?,30-,31-/m1/s1. The smallest absolute Gasteiger partial charge is 0.133 e. The van der Waals surface area contributed by atoms with Crippen molar-refractivity contribution in [3.8, 4) is 0 Å². The van der Waals surface area contributed by atoms with Crippen molar-refractivity contribution in [2.24, 2.45) is 58.2 Å². The minimum Gasteiger partial charge on any atom is -0.393 e. The molecule has 3 saturated carbocycles. The maximum atomic E-state index is 12.8. The summed E-state index contributed by atoms with van der Waals surface area (Å²) in [5.41, 5.74) is 1.78. The van der Waals surface area contributed by atoms with Gasteiger partial charge in [0.15, 0.2) is 0 Å². The minimum absolute atomic E-state index is 0.00859. The van der Waals surface area contributed by atoms with E-state index >= 15 is 0 Å². The first-order valence-electron chi connectivity index (χ1n) is 14.1. The average Bonchev–Trinajstić information content (AvgIpc) is 3.11. The molecule has 0 aromatic heterocycles. The van der Waals surface area contributed by atoms with Crippen molar-refractivity contribution >= 4 is 5.78 Å². The summed E-state index contributed by atoms with van der Waals surface area (Å²) >= 11 is 0. The molecular formula is C31H50O2. The molecule has 0 saturated heterocycles. The first-order chi connectivity index (χ1) is 15.5. The average molecular weight is 455 g/mol. The molecule has 0 radical (unpaired) electrons. The highest BCUT2D eigenvalue weighted by Gasteiger charge is 2.61. The fourth-order valence-corrected chi connectivity index (χ4v) is 9.51. The van der Waals surface area contributed by atoms with Gasteiger partial charge in [-0.25, -0.2) is 0 Å². The lowest BCUT2D eigenvalue weighted by atomic mass is 9.44. The maximum absolute atomic E-state index is 12.8. The van der Waals surface area contributed by atoms with Crippen LogP contribution < -0.4 is 0 Å². The van der Waals surface area contributed by atoms with Crippen molar-refractivity contribution in [3.05, 3.63) is 23.8 Å². The van der Waals surface area contributed by atoms with Crippen LogP contribution >= 0.6 is 0 Å². The van der Waals surface area contributed by atoms with Gasteiger partial charge in [-0.3, -0.25) is 4.79 Å². The third-order valence-electron chi connectivity index (χ3n) is 11.4. The van der Waals surface area contributed by atoms with Gasteiger partial charge in [0, 0.05) is 11.3 Å². The Hall–Kier alpha value is -0.890. The molecule has 0 aliphatic heterocycles. The van der Waals surface area contributed by atoms with E-state index in [9.17, 15) is 9.90 Å². The second-order valence-corrected chi connectivity index (χ2v) is 13.2. The van der Waals surface area contributed by atoms with Gasteiger partial charge in [-0.15, -0.1) is 0 Å². The zero-order valence-corrected chi connectivity index (χ0v) is 22.4. The fourth-order valence-electron chi connectivity index (χ4n) is 9.51. The van der Waals surface area contributed by atoms with Crippen LogP contribution in [-0.2, 0) is 4.79 Å². The normalized spacial score (nSPS) is 44.7. The molecule has 0 bridgehead atoms. The van der Waals surface area contributed by atoms with E-state index in [1.165, 1.54) is 37.7 Å². The molecule has 0 amide bonds. The summed E-state index contributed by atoms with van der Waals surface area (Å²) in [5, 5.41) is 10.5. The zero-order valence-electron chi connectivity index (χ0n) is 22.4. The topological polar surface area (TPSA) is 37.3 Å². The van der Waals surface area contributed by atoms with Gasteiger partial charge in [-0.05, 0) is 105 Å². The summed E-state index contributed by atoms with van der Waals surface area (Å²) in [6, 6.07) is 0. The Morgan fingerprint density at radius 2 is 1.88 bits per heavy atom. The third kappa shape index (κ3) is 4.11. The van der Waals surface area contributed by atoms with E-state index in [0.29, 0.717) is 41.4 Å². The summed E-state index contributed by atoms with van der Waals surface area (Å²) in [6.07, 6.45) is 16.3. The van der Waals surface area contributed by atoms with Crippen molar-refractivity contribution in [3.63, 3.8) is 0 Å². The Bertz CT molecular complexity index is 793. The number of hydrogen-bond acceptors (Lipinski definition) is 2. The molecule has 4 aliphatic rings. The Morgan fingerprint density at radius 1 is 1.15 bits per heavy atom. The van der Waals surface area contributed by atoms with E-state index in [4.69, 9.17) is 0 Å². The molecule has 1 N–H and O–H groups in total. The molecule has 4 aliphatic carbocycles. The van der Waals surface area contributed by atoms with Gasteiger partial charge in [0.2, 0.25) is 0 Å². The highest BCUT2D eigenvalue weighted by atomic mass is 16.3. The van der Waals surface area contributed by atoms with Gasteiger partial charge < -0.3 is 5.11 Å². The molecule has 0 aromatic carbocycles. The molecule has 3 fully saturated rings. The van der Waals surface area contributed by atoms with E-state index < -0.39 is 0 Å². The molecule has 0 heterocycles. The molecule has 0 aromatic rings. The molecule has 4 rings (SSSR count). The molecule has 2 heteroatoms. The highest BCUT2D eigenvalue weighted by molar-refractivity contribution is 5.80. The monoisotopic (exact) mass is 454 g/mol. The molecule has 186 valence electrons. The molecule has 2 nitrogen and oxygen atoms in total. The van der Waals surface area contributed by atoms with E-state index in [2.05, 4.69) is 59.8 Å². The molecule has 33 heavy (non-hydrogen) atoms. The van der Waals surface area contributed by atoms with Crippen molar-refractivity contribution in [1.29, 1.82) is 0 Å². The van der Waals surface area contributed by atoms with Gasteiger partial charge in [0.25, 0.3) is 0 Å². The number of Topliss-reactive ketones (excluding diaryl/α,β-unsaturated/α-hetero) is 1. The zero-order chi connectivity index (χ0) is 24.1. The molecular weight excluding hydrogens is 404 g/mol. The van der Waals surface area contributed by atoms with E-state index in [-0.39, 0.29) is 23.2 Å². The van der Waals surface area contributed by atoms with E-state index in [1.807, 2.05) is 0 Å². The number of carbonyl (C=O) groups is 1. The van der Waals surface area contributed by atoms with E-state index in [0.717, 1.165) is 24.7 Å². The van der Waals surface area contributed by atoms with Crippen molar-refractivity contribution < 1.29 is 9.90 Å². The first-order valence-corrected chi connectivity index (χ1v) is 14.1. The van der Waals surface area contributed by atoms with Gasteiger partial charge in [0.05, 0.1) is 6.10 Å². The largest absolute Gasteiger partial charge is 0.393 e. The summed E-state index contributed by atoms with van der Waals surface area (Å²) in [5.74, 6) is 5.19. The second kappa shape index (κ2) is 9.29. The van der Waals surface area contributed by atoms with Crippen LogP contribution in [0.3, 0.4) is 0 Å². The van der Waals surface area contributed by atoms with Crippen LogP contribution in [0.2, 0.25) is 0 Å². The first kappa shape index (κ1) is 25.2. The molecule has 1 unspecified atom stereocenters. The number of aliphatic hydroxyl groups is 1. The van der Waals surface area contributed by atoms with Crippen molar-refractivity contribution in [1.82, 2.24) is 0 Å². The lowest BCUT2D eigenvalue weighted by molar-refractivity contribution is -0.134. The second-order valence-electron chi connectivity index (χ2n) is 13.2. The number of hydrogen-bond donors (Lipinski definition) is 1.